The van der Waals surface area contributed by atoms with Crippen molar-refractivity contribution in [3.05, 3.63) is 53.6 Å². The van der Waals surface area contributed by atoms with Gasteiger partial charge in [-0.15, -0.1) is 0 Å². The summed E-state index contributed by atoms with van der Waals surface area (Å²) in [6, 6.07) is 7.32. The van der Waals surface area contributed by atoms with E-state index >= 15 is 0 Å². The number of hydrogen-bond acceptors (Lipinski definition) is 4. The molecule has 0 bridgehead atoms. The number of aryl methyl sites for hydroxylation is 1. The molecule has 24 heavy (non-hydrogen) atoms. The molecule has 1 atom stereocenters. The second-order valence-electron chi connectivity index (χ2n) is 6.12. The number of anilines is 1. The predicted octanol–water partition coefficient (Wildman–Crippen LogP) is 2.62. The molecule has 6 heteroatoms. The van der Waals surface area contributed by atoms with Crippen LogP contribution in [-0.4, -0.2) is 21.8 Å². The molecule has 0 spiro atoms. The standard InChI is InChI=1S/C18H20N4O2/c1-11-9-20-16(10-19-11)18(24)21-12(2)13-5-7-15(8-6-13)22-17(23)14-3-4-14/h5-10,12,14H,3-4H2,1-2H3,(H,21,24)(H,22,23). The molecule has 1 unspecified atom stereocenters. The van der Waals surface area contributed by atoms with Gasteiger partial charge in [-0.3, -0.25) is 14.6 Å². The van der Waals surface area contributed by atoms with Gasteiger partial charge in [0.15, 0.2) is 0 Å². The van der Waals surface area contributed by atoms with Gasteiger partial charge in [0.2, 0.25) is 5.91 Å². The minimum absolute atomic E-state index is 0.0852. The fourth-order valence-corrected chi connectivity index (χ4v) is 2.31. The maximum absolute atomic E-state index is 12.2. The summed E-state index contributed by atoms with van der Waals surface area (Å²) >= 11 is 0. The number of carbonyl (C=O) groups excluding carboxylic acids is 2. The number of carbonyl (C=O) groups is 2. The average molecular weight is 324 g/mol. The monoisotopic (exact) mass is 324 g/mol. The van der Waals surface area contributed by atoms with Gasteiger partial charge in [0.05, 0.1) is 17.9 Å². The van der Waals surface area contributed by atoms with Crippen molar-refractivity contribution in [2.24, 2.45) is 5.92 Å². The minimum Gasteiger partial charge on any atom is -0.344 e. The van der Waals surface area contributed by atoms with Crippen molar-refractivity contribution in [2.45, 2.75) is 32.7 Å². The van der Waals surface area contributed by atoms with Gasteiger partial charge in [-0.05, 0) is 44.4 Å². The normalized spacial score (nSPS) is 14.8. The molecule has 1 aromatic heterocycles. The first-order valence-corrected chi connectivity index (χ1v) is 8.03. The number of amides is 2. The quantitative estimate of drug-likeness (QED) is 0.885. The summed E-state index contributed by atoms with van der Waals surface area (Å²) in [6.07, 6.45) is 4.99. The van der Waals surface area contributed by atoms with Crippen molar-refractivity contribution >= 4 is 17.5 Å². The highest BCUT2D eigenvalue weighted by Crippen LogP contribution is 2.30. The minimum atomic E-state index is -0.263. The van der Waals surface area contributed by atoms with E-state index in [4.69, 9.17) is 0 Å². The Labute approximate surface area is 140 Å². The Balaban J connectivity index is 1.59. The Morgan fingerprint density at radius 2 is 1.83 bits per heavy atom. The lowest BCUT2D eigenvalue weighted by Gasteiger charge is -2.14. The van der Waals surface area contributed by atoms with E-state index in [0.717, 1.165) is 29.8 Å². The van der Waals surface area contributed by atoms with Gasteiger partial charge >= 0.3 is 0 Å². The SMILES string of the molecule is Cc1cnc(C(=O)NC(C)c2ccc(NC(=O)C3CC3)cc2)cn1. The number of hydrogen-bond donors (Lipinski definition) is 2. The van der Waals surface area contributed by atoms with Crippen LogP contribution in [0.15, 0.2) is 36.7 Å². The molecule has 2 aromatic rings. The lowest BCUT2D eigenvalue weighted by molar-refractivity contribution is -0.117. The first-order chi connectivity index (χ1) is 11.5. The molecule has 2 N–H and O–H groups in total. The van der Waals surface area contributed by atoms with Crippen molar-refractivity contribution in [3.8, 4) is 0 Å². The molecular weight excluding hydrogens is 304 g/mol. The topological polar surface area (TPSA) is 84.0 Å². The molecule has 0 aliphatic heterocycles. The van der Waals surface area contributed by atoms with Crippen LogP contribution in [0.3, 0.4) is 0 Å². The van der Waals surface area contributed by atoms with Gasteiger partial charge in [0.25, 0.3) is 5.91 Å². The summed E-state index contributed by atoms with van der Waals surface area (Å²) in [5.74, 6) is 0.00154. The molecule has 1 aromatic carbocycles. The third-order valence-electron chi connectivity index (χ3n) is 3.99. The first-order valence-electron chi connectivity index (χ1n) is 8.03. The number of aromatic nitrogens is 2. The highest BCUT2D eigenvalue weighted by atomic mass is 16.2. The van der Waals surface area contributed by atoms with Gasteiger partial charge < -0.3 is 10.6 Å². The van der Waals surface area contributed by atoms with Crippen LogP contribution in [0.1, 0.15) is 47.6 Å². The summed E-state index contributed by atoms with van der Waals surface area (Å²) in [7, 11) is 0. The van der Waals surface area contributed by atoms with Crippen molar-refractivity contribution in [1.29, 1.82) is 0 Å². The lowest BCUT2D eigenvalue weighted by Crippen LogP contribution is -2.27. The van der Waals surface area contributed by atoms with Crippen LogP contribution >= 0.6 is 0 Å². The second kappa shape index (κ2) is 6.78. The number of nitrogens with one attached hydrogen (secondary N) is 2. The van der Waals surface area contributed by atoms with Crippen LogP contribution in [0.4, 0.5) is 5.69 Å². The van der Waals surface area contributed by atoms with E-state index in [-0.39, 0.29) is 23.8 Å². The number of nitrogens with zero attached hydrogens (tertiary/aromatic N) is 2. The van der Waals surface area contributed by atoms with Crippen molar-refractivity contribution in [1.82, 2.24) is 15.3 Å². The second-order valence-corrected chi connectivity index (χ2v) is 6.12. The van der Waals surface area contributed by atoms with Crippen LogP contribution in [0.25, 0.3) is 0 Å². The summed E-state index contributed by atoms with van der Waals surface area (Å²) in [4.78, 5) is 32.0. The predicted molar refractivity (Wildman–Crippen MR) is 90.4 cm³/mol. The highest BCUT2D eigenvalue weighted by molar-refractivity contribution is 5.94. The van der Waals surface area contributed by atoms with Crippen LogP contribution < -0.4 is 10.6 Å². The van der Waals surface area contributed by atoms with Crippen LogP contribution in [0, 0.1) is 12.8 Å². The van der Waals surface area contributed by atoms with Crippen LogP contribution in [-0.2, 0) is 4.79 Å². The van der Waals surface area contributed by atoms with Gasteiger partial charge in [0, 0.05) is 17.8 Å². The van der Waals surface area contributed by atoms with Gasteiger partial charge in [0.1, 0.15) is 5.69 Å². The Hall–Kier alpha value is -2.76. The Morgan fingerprint density at radius 3 is 2.42 bits per heavy atom. The fourth-order valence-electron chi connectivity index (χ4n) is 2.31. The smallest absolute Gasteiger partial charge is 0.271 e. The third-order valence-corrected chi connectivity index (χ3v) is 3.99. The lowest BCUT2D eigenvalue weighted by atomic mass is 10.1. The maximum atomic E-state index is 12.2. The number of benzene rings is 1. The van der Waals surface area contributed by atoms with Gasteiger partial charge in [-0.25, -0.2) is 4.98 Å². The Kier molecular flexibility index (Phi) is 4.55. The molecule has 1 fully saturated rings. The van der Waals surface area contributed by atoms with E-state index < -0.39 is 0 Å². The Bertz CT molecular complexity index is 737. The zero-order valence-corrected chi connectivity index (χ0v) is 13.7. The molecule has 1 heterocycles. The largest absolute Gasteiger partial charge is 0.344 e. The van der Waals surface area contributed by atoms with E-state index in [0.29, 0.717) is 5.69 Å². The first kappa shape index (κ1) is 16.1. The van der Waals surface area contributed by atoms with Gasteiger partial charge in [-0.1, -0.05) is 12.1 Å². The molecule has 1 aliphatic carbocycles. The maximum Gasteiger partial charge on any atom is 0.271 e. The molecule has 6 nitrogen and oxygen atoms in total. The zero-order valence-electron chi connectivity index (χ0n) is 13.7. The van der Waals surface area contributed by atoms with E-state index in [1.807, 2.05) is 38.1 Å². The van der Waals surface area contributed by atoms with Crippen molar-refractivity contribution in [2.75, 3.05) is 5.32 Å². The zero-order chi connectivity index (χ0) is 17.1. The van der Waals surface area contributed by atoms with E-state index in [1.165, 1.54) is 6.20 Å². The van der Waals surface area contributed by atoms with E-state index in [1.54, 1.807) is 6.20 Å². The molecular formula is C18H20N4O2. The van der Waals surface area contributed by atoms with E-state index in [2.05, 4.69) is 20.6 Å². The van der Waals surface area contributed by atoms with Crippen LogP contribution in [0.2, 0.25) is 0 Å². The van der Waals surface area contributed by atoms with E-state index in [9.17, 15) is 9.59 Å². The van der Waals surface area contributed by atoms with Crippen molar-refractivity contribution in [3.63, 3.8) is 0 Å². The number of rotatable bonds is 5. The summed E-state index contributed by atoms with van der Waals surface area (Å²) in [6.45, 7) is 3.72. The fraction of sp³-hybridized carbons (Fsp3) is 0.333. The molecule has 2 amide bonds. The summed E-state index contributed by atoms with van der Waals surface area (Å²) < 4.78 is 0. The summed E-state index contributed by atoms with van der Waals surface area (Å²) in [5, 5.41) is 5.79. The Morgan fingerprint density at radius 1 is 1.12 bits per heavy atom. The molecule has 124 valence electrons. The molecule has 1 aliphatic rings. The van der Waals surface area contributed by atoms with Crippen LogP contribution in [0.5, 0.6) is 0 Å². The molecule has 0 radical (unpaired) electrons. The third kappa shape index (κ3) is 3.95. The average Bonchev–Trinajstić information content (AvgIpc) is 3.41. The molecule has 1 saturated carbocycles. The molecule has 3 rings (SSSR count). The van der Waals surface area contributed by atoms with Gasteiger partial charge in [-0.2, -0.15) is 0 Å². The summed E-state index contributed by atoms with van der Waals surface area (Å²) in [5.41, 5.74) is 2.79. The highest BCUT2D eigenvalue weighted by Gasteiger charge is 2.29. The molecule has 0 saturated heterocycles. The van der Waals surface area contributed by atoms with Crippen molar-refractivity contribution < 1.29 is 9.59 Å².